The number of ether oxygens (including phenoxy) is 1. The first-order chi connectivity index (χ1) is 15.5. The molecule has 0 aromatic heterocycles. The van der Waals surface area contributed by atoms with E-state index in [0.717, 1.165) is 51.6 Å². The maximum atomic E-state index is 13.6. The Morgan fingerprint density at radius 1 is 0.906 bits per heavy atom. The molecule has 0 aliphatic carbocycles. The number of para-hydroxylation sites is 2. The summed E-state index contributed by atoms with van der Waals surface area (Å²) in [6, 6.07) is 12.2. The van der Waals surface area contributed by atoms with Gasteiger partial charge in [0.05, 0.1) is 18.5 Å². The molecule has 0 radical (unpaired) electrons. The van der Waals surface area contributed by atoms with Crippen LogP contribution in [-0.4, -0.2) is 51.9 Å². The van der Waals surface area contributed by atoms with Gasteiger partial charge >= 0.3 is 0 Å². The van der Waals surface area contributed by atoms with Gasteiger partial charge in [0.25, 0.3) is 5.91 Å². The smallest absolute Gasteiger partial charge is 0.255 e. The number of hydrogen-bond acceptors (Lipinski definition) is 5. The summed E-state index contributed by atoms with van der Waals surface area (Å²) in [5.74, 6) is 0.182. The maximum absolute atomic E-state index is 13.6. The number of nitrogens with one attached hydrogen (secondary N) is 1. The van der Waals surface area contributed by atoms with Gasteiger partial charge in [-0.1, -0.05) is 18.6 Å². The molecule has 2 saturated heterocycles. The Morgan fingerprint density at radius 3 is 2.25 bits per heavy atom. The zero-order chi connectivity index (χ0) is 22.6. The minimum atomic E-state index is -3.70. The highest BCUT2D eigenvalue weighted by molar-refractivity contribution is 7.89. The van der Waals surface area contributed by atoms with E-state index in [1.165, 1.54) is 0 Å². The van der Waals surface area contributed by atoms with E-state index in [1.807, 2.05) is 12.1 Å². The number of carbonyl (C=O) groups excluding carboxylic acids is 1. The van der Waals surface area contributed by atoms with Crippen molar-refractivity contribution in [2.24, 2.45) is 0 Å². The van der Waals surface area contributed by atoms with Crippen molar-refractivity contribution in [3.8, 4) is 5.75 Å². The van der Waals surface area contributed by atoms with Crippen LogP contribution in [-0.2, 0) is 10.0 Å². The van der Waals surface area contributed by atoms with Gasteiger partial charge in [0.2, 0.25) is 10.0 Å². The predicted molar refractivity (Wildman–Crippen MR) is 126 cm³/mol. The van der Waals surface area contributed by atoms with Gasteiger partial charge in [0, 0.05) is 31.7 Å². The molecule has 2 aromatic rings. The fraction of sp³-hybridized carbons (Fsp3) is 0.458. The topological polar surface area (TPSA) is 79.0 Å². The third-order valence-corrected chi connectivity index (χ3v) is 8.13. The third kappa shape index (κ3) is 4.76. The molecule has 0 saturated carbocycles. The average Bonchev–Trinajstić information content (AvgIpc) is 2.85. The quantitative estimate of drug-likeness (QED) is 0.706. The Morgan fingerprint density at radius 2 is 1.56 bits per heavy atom. The van der Waals surface area contributed by atoms with E-state index in [4.69, 9.17) is 4.74 Å². The Hall–Kier alpha value is -2.58. The third-order valence-electron chi connectivity index (χ3n) is 6.21. The van der Waals surface area contributed by atoms with Gasteiger partial charge in [-0.15, -0.1) is 0 Å². The second-order valence-corrected chi connectivity index (χ2v) is 10.3. The summed E-state index contributed by atoms with van der Waals surface area (Å²) in [6.07, 6.45) is 6.02. The summed E-state index contributed by atoms with van der Waals surface area (Å²) in [6.45, 7) is 2.71. The number of piperidine rings is 2. The van der Waals surface area contributed by atoms with E-state index in [9.17, 15) is 13.2 Å². The number of sulfonamides is 1. The molecular weight excluding hydrogens is 426 g/mol. The van der Waals surface area contributed by atoms with Crippen LogP contribution >= 0.6 is 0 Å². The van der Waals surface area contributed by atoms with Gasteiger partial charge in [-0.3, -0.25) is 4.79 Å². The molecule has 2 aromatic carbocycles. The molecule has 0 bridgehead atoms. The van der Waals surface area contributed by atoms with Crippen molar-refractivity contribution in [2.45, 2.75) is 43.4 Å². The van der Waals surface area contributed by atoms with Gasteiger partial charge < -0.3 is 15.0 Å². The Balaban J connectivity index is 1.70. The van der Waals surface area contributed by atoms with Crippen LogP contribution in [0.2, 0.25) is 0 Å². The van der Waals surface area contributed by atoms with E-state index in [0.29, 0.717) is 35.8 Å². The van der Waals surface area contributed by atoms with Crippen LogP contribution in [0.3, 0.4) is 0 Å². The zero-order valence-corrected chi connectivity index (χ0v) is 19.4. The number of anilines is 2. The van der Waals surface area contributed by atoms with Crippen LogP contribution in [0.15, 0.2) is 47.4 Å². The number of methoxy groups -OCH3 is 1. The van der Waals surface area contributed by atoms with E-state index in [1.54, 1.807) is 41.7 Å². The van der Waals surface area contributed by atoms with E-state index in [2.05, 4.69) is 10.2 Å². The summed E-state index contributed by atoms with van der Waals surface area (Å²) in [7, 11) is -2.15. The molecule has 172 valence electrons. The summed E-state index contributed by atoms with van der Waals surface area (Å²) >= 11 is 0. The van der Waals surface area contributed by atoms with Crippen molar-refractivity contribution in [3.63, 3.8) is 0 Å². The van der Waals surface area contributed by atoms with Gasteiger partial charge in [-0.2, -0.15) is 4.31 Å². The van der Waals surface area contributed by atoms with Crippen LogP contribution in [0.5, 0.6) is 5.75 Å². The summed E-state index contributed by atoms with van der Waals surface area (Å²) in [5, 5.41) is 2.85. The molecule has 8 heteroatoms. The monoisotopic (exact) mass is 457 g/mol. The number of hydrogen-bond donors (Lipinski definition) is 1. The highest BCUT2D eigenvalue weighted by Crippen LogP contribution is 2.33. The number of nitrogens with zero attached hydrogens (tertiary/aromatic N) is 2. The van der Waals surface area contributed by atoms with Crippen molar-refractivity contribution in [1.82, 2.24) is 4.31 Å². The Bertz CT molecular complexity index is 1060. The molecule has 0 spiro atoms. The lowest BCUT2D eigenvalue weighted by molar-refractivity contribution is 0.102. The SMILES string of the molecule is COc1ccccc1NC(=O)c1ccc(N2CCCCC2)c(S(=O)(=O)N2CCCCC2)c1. The second kappa shape index (κ2) is 9.92. The molecule has 2 aliphatic rings. The molecule has 7 nitrogen and oxygen atoms in total. The van der Waals surface area contributed by atoms with E-state index >= 15 is 0 Å². The molecule has 2 aliphatic heterocycles. The van der Waals surface area contributed by atoms with Crippen LogP contribution in [0, 0.1) is 0 Å². The van der Waals surface area contributed by atoms with E-state index in [-0.39, 0.29) is 10.8 Å². The molecule has 4 rings (SSSR count). The average molecular weight is 458 g/mol. The zero-order valence-electron chi connectivity index (χ0n) is 18.5. The fourth-order valence-corrected chi connectivity index (χ4v) is 6.20. The van der Waals surface area contributed by atoms with E-state index < -0.39 is 10.0 Å². The van der Waals surface area contributed by atoms with Crippen LogP contribution < -0.4 is 15.0 Å². The number of rotatable bonds is 6. The molecular formula is C24H31N3O4S. The molecule has 1 amide bonds. The highest BCUT2D eigenvalue weighted by atomic mass is 32.2. The predicted octanol–water partition coefficient (Wildman–Crippen LogP) is 4.11. The van der Waals surface area contributed by atoms with Crippen molar-refractivity contribution in [3.05, 3.63) is 48.0 Å². The lowest BCUT2D eigenvalue weighted by Gasteiger charge is -2.33. The summed E-state index contributed by atoms with van der Waals surface area (Å²) in [5.41, 5.74) is 1.55. The lowest BCUT2D eigenvalue weighted by Crippen LogP contribution is -2.37. The van der Waals surface area contributed by atoms with Crippen LogP contribution in [0.4, 0.5) is 11.4 Å². The van der Waals surface area contributed by atoms with Crippen LogP contribution in [0.25, 0.3) is 0 Å². The van der Waals surface area contributed by atoms with Gasteiger partial charge in [-0.25, -0.2) is 8.42 Å². The minimum absolute atomic E-state index is 0.231. The van der Waals surface area contributed by atoms with Gasteiger partial charge in [0.15, 0.2) is 0 Å². The second-order valence-electron chi connectivity index (χ2n) is 8.35. The van der Waals surface area contributed by atoms with Crippen molar-refractivity contribution in [2.75, 3.05) is 43.5 Å². The Kier molecular flexibility index (Phi) is 7.01. The first kappa shape index (κ1) is 22.6. The van der Waals surface area contributed by atoms with Crippen molar-refractivity contribution in [1.29, 1.82) is 0 Å². The normalized spacial score (nSPS) is 17.7. The number of amides is 1. The first-order valence-electron chi connectivity index (χ1n) is 11.3. The lowest BCUT2D eigenvalue weighted by atomic mass is 10.1. The largest absolute Gasteiger partial charge is 0.495 e. The maximum Gasteiger partial charge on any atom is 0.255 e. The summed E-state index contributed by atoms with van der Waals surface area (Å²) in [4.78, 5) is 15.4. The van der Waals surface area contributed by atoms with Gasteiger partial charge in [0.1, 0.15) is 10.6 Å². The molecule has 2 fully saturated rings. The summed E-state index contributed by atoms with van der Waals surface area (Å²) < 4.78 is 34.1. The standard InChI is InChI=1S/C24H31N3O4S/c1-31-22-11-5-4-10-20(22)25-24(28)19-12-13-21(26-14-6-2-7-15-26)23(18-19)32(29,30)27-16-8-3-9-17-27/h4-5,10-13,18H,2-3,6-9,14-17H2,1H3,(H,25,28). The van der Waals surface area contributed by atoms with Crippen molar-refractivity contribution >= 4 is 27.3 Å². The minimum Gasteiger partial charge on any atom is -0.495 e. The fourth-order valence-electron chi connectivity index (χ4n) is 4.44. The Labute approximate surface area is 190 Å². The van der Waals surface area contributed by atoms with Gasteiger partial charge in [-0.05, 0) is 62.4 Å². The first-order valence-corrected chi connectivity index (χ1v) is 12.8. The highest BCUT2D eigenvalue weighted by Gasteiger charge is 2.31. The molecule has 2 heterocycles. The number of benzene rings is 2. The van der Waals surface area contributed by atoms with Crippen LogP contribution in [0.1, 0.15) is 48.9 Å². The van der Waals surface area contributed by atoms with Crippen molar-refractivity contribution < 1.29 is 17.9 Å². The molecule has 0 unspecified atom stereocenters. The number of carbonyl (C=O) groups is 1. The molecule has 0 atom stereocenters. The molecule has 32 heavy (non-hydrogen) atoms. The molecule has 1 N–H and O–H groups in total.